The van der Waals surface area contributed by atoms with Crippen LogP contribution in [0.25, 0.3) is 0 Å². The van der Waals surface area contributed by atoms with Crippen LogP contribution in [0.5, 0.6) is 0 Å². The molecule has 1 heterocycles. The lowest BCUT2D eigenvalue weighted by atomic mass is 9.87. The van der Waals surface area contributed by atoms with Gasteiger partial charge in [0.15, 0.2) is 5.54 Å². The fourth-order valence-electron chi connectivity index (χ4n) is 3.23. The zero-order valence-corrected chi connectivity index (χ0v) is 14.9. The largest absolute Gasteiger partial charge is 0.467 e. The summed E-state index contributed by atoms with van der Waals surface area (Å²) < 4.78 is 4.96. The standard InChI is InChI=1S/C19H26N2O4/c1-3-19(18(24)25-2,15-10-6-4-7-11-15)20-16(22)14-21-13-9-5-8-12-17(21)23/h4,6-7,10-11H,3,5,8-9,12-14H2,1-2H3,(H,20,22)/t19-/m0/s1. The minimum atomic E-state index is -1.25. The summed E-state index contributed by atoms with van der Waals surface area (Å²) in [6.07, 6.45) is 3.58. The van der Waals surface area contributed by atoms with Gasteiger partial charge in [-0.15, -0.1) is 0 Å². The fourth-order valence-corrected chi connectivity index (χ4v) is 3.23. The van der Waals surface area contributed by atoms with Gasteiger partial charge < -0.3 is 15.0 Å². The number of ether oxygens (including phenoxy) is 1. The monoisotopic (exact) mass is 346 g/mol. The Morgan fingerprint density at radius 1 is 1.20 bits per heavy atom. The Morgan fingerprint density at radius 2 is 1.92 bits per heavy atom. The summed E-state index contributed by atoms with van der Waals surface area (Å²) in [4.78, 5) is 38.8. The smallest absolute Gasteiger partial charge is 0.336 e. The van der Waals surface area contributed by atoms with Crippen molar-refractivity contribution >= 4 is 17.8 Å². The van der Waals surface area contributed by atoms with Gasteiger partial charge in [-0.05, 0) is 24.8 Å². The average Bonchev–Trinajstić information content (AvgIpc) is 2.84. The highest BCUT2D eigenvalue weighted by Gasteiger charge is 2.41. The molecule has 136 valence electrons. The minimum Gasteiger partial charge on any atom is -0.467 e. The molecule has 1 aliphatic heterocycles. The summed E-state index contributed by atoms with van der Waals surface area (Å²) in [7, 11) is 1.31. The highest BCUT2D eigenvalue weighted by molar-refractivity contribution is 5.91. The van der Waals surface area contributed by atoms with Crippen molar-refractivity contribution in [3.63, 3.8) is 0 Å². The van der Waals surface area contributed by atoms with Crippen molar-refractivity contribution in [3.8, 4) is 0 Å². The summed E-state index contributed by atoms with van der Waals surface area (Å²) in [6, 6.07) is 9.05. The number of methoxy groups -OCH3 is 1. The third kappa shape index (κ3) is 4.38. The zero-order chi connectivity index (χ0) is 18.3. The van der Waals surface area contributed by atoms with Crippen LogP contribution in [0.2, 0.25) is 0 Å². The van der Waals surface area contributed by atoms with Gasteiger partial charge in [-0.2, -0.15) is 0 Å². The molecule has 6 heteroatoms. The minimum absolute atomic E-state index is 0.00692. The molecule has 25 heavy (non-hydrogen) atoms. The first-order chi connectivity index (χ1) is 12.0. The van der Waals surface area contributed by atoms with E-state index in [0.29, 0.717) is 24.9 Å². The van der Waals surface area contributed by atoms with Gasteiger partial charge in [0.2, 0.25) is 11.8 Å². The van der Waals surface area contributed by atoms with Crippen molar-refractivity contribution in [1.29, 1.82) is 0 Å². The molecule has 0 saturated carbocycles. The first-order valence-corrected chi connectivity index (χ1v) is 8.76. The number of esters is 1. The summed E-state index contributed by atoms with van der Waals surface area (Å²) in [5, 5.41) is 2.83. The molecule has 1 atom stereocenters. The topological polar surface area (TPSA) is 75.7 Å². The molecule has 1 aliphatic rings. The number of amides is 2. The Hall–Kier alpha value is -2.37. The number of nitrogens with zero attached hydrogens (tertiary/aromatic N) is 1. The summed E-state index contributed by atoms with van der Waals surface area (Å²) in [5.41, 5.74) is -0.581. The Balaban J connectivity index is 2.20. The molecular weight excluding hydrogens is 320 g/mol. The van der Waals surface area contributed by atoms with E-state index in [1.165, 1.54) is 7.11 Å². The average molecular weight is 346 g/mol. The molecule has 2 rings (SSSR count). The predicted molar refractivity (Wildman–Crippen MR) is 93.6 cm³/mol. The van der Waals surface area contributed by atoms with E-state index in [1.807, 2.05) is 25.1 Å². The number of carbonyl (C=O) groups excluding carboxylic acids is 3. The van der Waals surface area contributed by atoms with Gasteiger partial charge in [0.05, 0.1) is 13.7 Å². The third-order valence-corrected chi connectivity index (χ3v) is 4.69. The predicted octanol–water partition coefficient (Wildman–Crippen LogP) is 1.98. The van der Waals surface area contributed by atoms with Crippen molar-refractivity contribution in [2.24, 2.45) is 0 Å². The number of benzene rings is 1. The first-order valence-electron chi connectivity index (χ1n) is 8.76. The van der Waals surface area contributed by atoms with Gasteiger partial charge in [-0.3, -0.25) is 9.59 Å². The van der Waals surface area contributed by atoms with E-state index in [0.717, 1.165) is 19.3 Å². The van der Waals surface area contributed by atoms with Crippen molar-refractivity contribution in [3.05, 3.63) is 35.9 Å². The lowest BCUT2D eigenvalue weighted by Crippen LogP contribution is -2.54. The molecule has 6 nitrogen and oxygen atoms in total. The number of rotatable bonds is 6. The Bertz CT molecular complexity index is 617. The Morgan fingerprint density at radius 3 is 2.56 bits per heavy atom. The van der Waals surface area contributed by atoms with E-state index in [-0.39, 0.29) is 18.4 Å². The third-order valence-electron chi connectivity index (χ3n) is 4.69. The number of carbonyl (C=O) groups is 3. The maximum Gasteiger partial charge on any atom is 0.336 e. The van der Waals surface area contributed by atoms with E-state index in [9.17, 15) is 14.4 Å². The molecule has 0 aliphatic carbocycles. The van der Waals surface area contributed by atoms with Crippen LogP contribution in [-0.2, 0) is 24.7 Å². The molecule has 0 radical (unpaired) electrons. The molecule has 0 unspecified atom stereocenters. The van der Waals surface area contributed by atoms with Crippen molar-refractivity contribution < 1.29 is 19.1 Å². The highest BCUT2D eigenvalue weighted by atomic mass is 16.5. The van der Waals surface area contributed by atoms with Gasteiger partial charge in [0.25, 0.3) is 0 Å². The molecule has 0 bridgehead atoms. The highest BCUT2D eigenvalue weighted by Crippen LogP contribution is 2.26. The second-order valence-electron chi connectivity index (χ2n) is 6.29. The van der Waals surface area contributed by atoms with Gasteiger partial charge >= 0.3 is 5.97 Å². The molecule has 1 aromatic carbocycles. The van der Waals surface area contributed by atoms with Crippen LogP contribution in [0.15, 0.2) is 30.3 Å². The van der Waals surface area contributed by atoms with Crippen molar-refractivity contribution in [2.45, 2.75) is 44.6 Å². The van der Waals surface area contributed by atoms with Crippen LogP contribution in [0.3, 0.4) is 0 Å². The fraction of sp³-hybridized carbons (Fsp3) is 0.526. The molecule has 0 aromatic heterocycles. The van der Waals surface area contributed by atoms with Gasteiger partial charge in [0, 0.05) is 13.0 Å². The molecule has 1 saturated heterocycles. The normalized spacial score (nSPS) is 17.4. The van der Waals surface area contributed by atoms with Crippen LogP contribution < -0.4 is 5.32 Å². The number of likely N-dealkylation sites (tertiary alicyclic amines) is 1. The van der Waals surface area contributed by atoms with E-state index in [4.69, 9.17) is 4.74 Å². The van der Waals surface area contributed by atoms with E-state index in [2.05, 4.69) is 5.32 Å². The second-order valence-corrected chi connectivity index (χ2v) is 6.29. The Labute approximate surface area is 148 Å². The van der Waals surface area contributed by atoms with Crippen LogP contribution in [-0.4, -0.2) is 42.9 Å². The molecule has 1 aromatic rings. The van der Waals surface area contributed by atoms with Crippen molar-refractivity contribution in [2.75, 3.05) is 20.2 Å². The van der Waals surface area contributed by atoms with Gasteiger partial charge in [-0.25, -0.2) is 4.79 Å². The molecule has 1 fully saturated rings. The number of hydrogen-bond acceptors (Lipinski definition) is 4. The van der Waals surface area contributed by atoms with Crippen LogP contribution in [0.4, 0.5) is 0 Å². The molecular formula is C19H26N2O4. The lowest BCUT2D eigenvalue weighted by molar-refractivity contribution is -0.152. The van der Waals surface area contributed by atoms with Gasteiger partial charge in [0.1, 0.15) is 0 Å². The van der Waals surface area contributed by atoms with Crippen LogP contribution in [0, 0.1) is 0 Å². The lowest BCUT2D eigenvalue weighted by Gasteiger charge is -2.32. The van der Waals surface area contributed by atoms with E-state index >= 15 is 0 Å². The van der Waals surface area contributed by atoms with Gasteiger partial charge in [-0.1, -0.05) is 43.7 Å². The maximum atomic E-state index is 12.6. The quantitative estimate of drug-likeness (QED) is 0.799. The van der Waals surface area contributed by atoms with Crippen LogP contribution in [0.1, 0.15) is 44.6 Å². The second kappa shape index (κ2) is 8.65. The van der Waals surface area contributed by atoms with Crippen molar-refractivity contribution in [1.82, 2.24) is 10.2 Å². The SMILES string of the molecule is CC[C@@](NC(=O)CN1CCCCCC1=O)(C(=O)OC)c1ccccc1. The maximum absolute atomic E-state index is 12.6. The molecule has 0 spiro atoms. The van der Waals surface area contributed by atoms with E-state index < -0.39 is 11.5 Å². The van der Waals surface area contributed by atoms with E-state index in [1.54, 1.807) is 17.0 Å². The zero-order valence-electron chi connectivity index (χ0n) is 14.9. The number of nitrogens with one attached hydrogen (secondary N) is 1. The Kier molecular flexibility index (Phi) is 6.56. The van der Waals surface area contributed by atoms with Crippen LogP contribution >= 0.6 is 0 Å². The summed E-state index contributed by atoms with van der Waals surface area (Å²) >= 11 is 0. The number of hydrogen-bond donors (Lipinski definition) is 1. The first kappa shape index (κ1) is 19.0. The summed E-state index contributed by atoms with van der Waals surface area (Å²) in [5.74, 6) is -0.879. The summed E-state index contributed by atoms with van der Waals surface area (Å²) in [6.45, 7) is 2.36. The molecule has 2 amide bonds. The molecule has 1 N–H and O–H groups in total.